The van der Waals surface area contributed by atoms with Crippen molar-refractivity contribution in [2.24, 2.45) is 11.8 Å². The summed E-state index contributed by atoms with van der Waals surface area (Å²) in [6, 6.07) is 5.60. The number of nitrogens with one attached hydrogen (secondary N) is 1. The summed E-state index contributed by atoms with van der Waals surface area (Å²) in [5.74, 6) is 2.53. The van der Waals surface area contributed by atoms with Gasteiger partial charge in [0.2, 0.25) is 0 Å². The van der Waals surface area contributed by atoms with Crippen molar-refractivity contribution in [3.05, 3.63) is 23.8 Å². The van der Waals surface area contributed by atoms with Gasteiger partial charge < -0.3 is 19.7 Å². The summed E-state index contributed by atoms with van der Waals surface area (Å²) >= 11 is 0. The van der Waals surface area contributed by atoms with E-state index in [1.807, 2.05) is 0 Å². The van der Waals surface area contributed by atoms with Crippen LogP contribution in [0.3, 0.4) is 0 Å². The Morgan fingerprint density at radius 3 is 2.71 bits per heavy atom. The Labute approximate surface area is 144 Å². The summed E-state index contributed by atoms with van der Waals surface area (Å²) in [6.45, 7) is 2.26. The lowest BCUT2D eigenvalue weighted by molar-refractivity contribution is 0.0650. The van der Waals surface area contributed by atoms with Gasteiger partial charge in [-0.3, -0.25) is 4.79 Å². The first kappa shape index (κ1) is 17.1. The van der Waals surface area contributed by atoms with Gasteiger partial charge in [-0.05, 0) is 62.9 Å². The lowest BCUT2D eigenvalue weighted by Crippen LogP contribution is -2.52. The summed E-state index contributed by atoms with van der Waals surface area (Å²) in [5.41, 5.74) is 0.624. The number of benzene rings is 1. The van der Waals surface area contributed by atoms with E-state index in [1.54, 1.807) is 32.4 Å². The Balaban J connectivity index is 1.71. The molecule has 1 aliphatic carbocycles. The minimum atomic E-state index is -0.0187. The molecule has 1 aliphatic heterocycles. The number of carbonyl (C=O) groups excluding carboxylic acids is 1. The number of hydrogen-bond acceptors (Lipinski definition) is 4. The maximum atomic E-state index is 12.7. The van der Waals surface area contributed by atoms with Crippen molar-refractivity contribution in [3.8, 4) is 11.5 Å². The van der Waals surface area contributed by atoms with Crippen LogP contribution in [-0.2, 0) is 0 Å². The Kier molecular flexibility index (Phi) is 5.29. The zero-order valence-corrected chi connectivity index (χ0v) is 14.9. The molecule has 5 nitrogen and oxygen atoms in total. The highest BCUT2D eigenvalue weighted by molar-refractivity contribution is 5.95. The fourth-order valence-electron chi connectivity index (χ4n) is 4.24. The largest absolute Gasteiger partial charge is 0.493 e. The van der Waals surface area contributed by atoms with Crippen LogP contribution in [-0.4, -0.2) is 51.2 Å². The van der Waals surface area contributed by atoms with E-state index in [0.29, 0.717) is 23.0 Å². The minimum absolute atomic E-state index is 0.0187. The molecule has 1 aromatic rings. The summed E-state index contributed by atoms with van der Waals surface area (Å²) in [4.78, 5) is 15.1. The molecule has 0 bridgehead atoms. The smallest absolute Gasteiger partial charge is 0.251 e. The highest BCUT2D eigenvalue weighted by Crippen LogP contribution is 2.36. The van der Waals surface area contributed by atoms with E-state index in [2.05, 4.69) is 17.3 Å². The predicted octanol–water partition coefficient (Wildman–Crippen LogP) is 2.55. The normalized spacial score (nSPS) is 27.2. The van der Waals surface area contributed by atoms with Gasteiger partial charge in [-0.2, -0.15) is 0 Å². The Morgan fingerprint density at radius 2 is 1.96 bits per heavy atom. The van der Waals surface area contributed by atoms with Gasteiger partial charge in [-0.25, -0.2) is 0 Å². The van der Waals surface area contributed by atoms with Crippen LogP contribution >= 0.6 is 0 Å². The summed E-state index contributed by atoms with van der Waals surface area (Å²) in [5, 5.41) is 3.28. The number of amides is 1. The van der Waals surface area contributed by atoms with E-state index < -0.39 is 0 Å². The molecule has 0 aromatic heterocycles. The van der Waals surface area contributed by atoms with Crippen molar-refractivity contribution in [2.45, 2.75) is 31.7 Å². The first-order valence-corrected chi connectivity index (χ1v) is 8.83. The average molecular weight is 332 g/mol. The molecule has 3 atom stereocenters. The highest BCUT2D eigenvalue weighted by Gasteiger charge is 2.37. The zero-order valence-electron chi connectivity index (χ0n) is 14.9. The Morgan fingerprint density at radius 1 is 1.17 bits per heavy atom. The third-order valence-corrected chi connectivity index (χ3v) is 5.58. The fourth-order valence-corrected chi connectivity index (χ4v) is 4.24. The van der Waals surface area contributed by atoms with Crippen molar-refractivity contribution >= 4 is 5.91 Å². The molecule has 0 unspecified atom stereocenters. The molecular weight excluding hydrogens is 304 g/mol. The standard InChI is InChI=1S/C19H28N2O3/c1-21-10-9-13-5-4-6-16(15(13)12-21)20-19(22)14-7-8-17(23-2)18(11-14)24-3/h7-8,11,13,15-16H,4-6,9-10,12H2,1-3H3,(H,20,22)/t13-,15+,16-/m1/s1. The number of rotatable bonds is 4. The fraction of sp³-hybridized carbons (Fsp3) is 0.632. The first-order chi connectivity index (χ1) is 11.6. The van der Waals surface area contributed by atoms with Crippen LogP contribution in [0.5, 0.6) is 11.5 Å². The Bertz CT molecular complexity index is 590. The van der Waals surface area contributed by atoms with E-state index in [0.717, 1.165) is 18.9 Å². The number of carbonyl (C=O) groups is 1. The Hall–Kier alpha value is -1.75. The number of ether oxygens (including phenoxy) is 2. The number of methoxy groups -OCH3 is 2. The number of hydrogen-bond donors (Lipinski definition) is 1. The lowest BCUT2D eigenvalue weighted by atomic mass is 9.72. The van der Waals surface area contributed by atoms with Crippen LogP contribution in [0.4, 0.5) is 0 Å². The summed E-state index contributed by atoms with van der Waals surface area (Å²) < 4.78 is 10.5. The van der Waals surface area contributed by atoms with Gasteiger partial charge >= 0.3 is 0 Å². The molecule has 1 heterocycles. The number of fused-ring (bicyclic) bond motifs is 1. The second kappa shape index (κ2) is 7.43. The van der Waals surface area contributed by atoms with Gasteiger partial charge in [-0.1, -0.05) is 6.42 Å². The van der Waals surface area contributed by atoms with Crippen LogP contribution in [0, 0.1) is 11.8 Å². The second-order valence-corrected chi connectivity index (χ2v) is 7.06. The molecule has 1 amide bonds. The van der Waals surface area contributed by atoms with Gasteiger partial charge in [0.25, 0.3) is 5.91 Å². The molecular formula is C19H28N2O3. The quantitative estimate of drug-likeness (QED) is 0.921. The van der Waals surface area contributed by atoms with Gasteiger partial charge in [0.05, 0.1) is 14.2 Å². The van der Waals surface area contributed by atoms with Gasteiger partial charge in [0.1, 0.15) is 0 Å². The van der Waals surface area contributed by atoms with Crippen molar-refractivity contribution in [3.63, 3.8) is 0 Å². The predicted molar refractivity (Wildman–Crippen MR) is 93.7 cm³/mol. The molecule has 2 fully saturated rings. The first-order valence-electron chi connectivity index (χ1n) is 8.83. The molecule has 5 heteroatoms. The maximum Gasteiger partial charge on any atom is 0.251 e. The van der Waals surface area contributed by atoms with Crippen LogP contribution in [0.2, 0.25) is 0 Å². The van der Waals surface area contributed by atoms with Gasteiger partial charge in [0, 0.05) is 18.2 Å². The molecule has 0 radical (unpaired) electrons. The van der Waals surface area contributed by atoms with Gasteiger partial charge in [0.15, 0.2) is 11.5 Å². The summed E-state index contributed by atoms with van der Waals surface area (Å²) in [7, 11) is 5.36. The maximum absolute atomic E-state index is 12.7. The molecule has 0 spiro atoms. The van der Waals surface area contributed by atoms with Crippen LogP contribution in [0.1, 0.15) is 36.0 Å². The zero-order chi connectivity index (χ0) is 17.1. The van der Waals surface area contributed by atoms with Gasteiger partial charge in [-0.15, -0.1) is 0 Å². The van der Waals surface area contributed by atoms with Crippen molar-refractivity contribution in [2.75, 3.05) is 34.4 Å². The van der Waals surface area contributed by atoms with E-state index in [1.165, 1.54) is 25.8 Å². The van der Waals surface area contributed by atoms with Crippen molar-refractivity contribution in [1.29, 1.82) is 0 Å². The van der Waals surface area contributed by atoms with Crippen molar-refractivity contribution < 1.29 is 14.3 Å². The van der Waals surface area contributed by atoms with Crippen LogP contribution in [0.15, 0.2) is 18.2 Å². The van der Waals surface area contributed by atoms with E-state index in [-0.39, 0.29) is 11.9 Å². The third-order valence-electron chi connectivity index (χ3n) is 5.58. The lowest BCUT2D eigenvalue weighted by Gasteiger charge is -2.44. The highest BCUT2D eigenvalue weighted by atomic mass is 16.5. The van der Waals surface area contributed by atoms with E-state index in [4.69, 9.17) is 9.47 Å². The number of nitrogens with zero attached hydrogens (tertiary/aromatic N) is 1. The molecule has 1 saturated heterocycles. The SMILES string of the molecule is COc1ccc(C(=O)N[C@@H]2CCC[C@@H]3CCN(C)C[C@@H]32)cc1OC. The third kappa shape index (κ3) is 3.51. The van der Waals surface area contributed by atoms with E-state index in [9.17, 15) is 4.79 Å². The van der Waals surface area contributed by atoms with Crippen molar-refractivity contribution in [1.82, 2.24) is 10.2 Å². The van der Waals surface area contributed by atoms with Crippen LogP contribution in [0.25, 0.3) is 0 Å². The molecule has 1 N–H and O–H groups in total. The molecule has 2 aliphatic rings. The minimum Gasteiger partial charge on any atom is -0.493 e. The molecule has 1 aromatic carbocycles. The molecule has 1 saturated carbocycles. The topological polar surface area (TPSA) is 50.8 Å². The van der Waals surface area contributed by atoms with E-state index >= 15 is 0 Å². The molecule has 24 heavy (non-hydrogen) atoms. The number of piperidine rings is 1. The summed E-state index contributed by atoms with van der Waals surface area (Å²) in [6.07, 6.45) is 4.85. The second-order valence-electron chi connectivity index (χ2n) is 7.06. The number of likely N-dealkylation sites (tertiary alicyclic amines) is 1. The van der Waals surface area contributed by atoms with Crippen LogP contribution < -0.4 is 14.8 Å². The average Bonchev–Trinajstić information content (AvgIpc) is 2.61. The molecule has 132 valence electrons. The molecule has 3 rings (SSSR count). The monoisotopic (exact) mass is 332 g/mol.